The highest BCUT2D eigenvalue weighted by atomic mass is 16.5. The summed E-state index contributed by atoms with van der Waals surface area (Å²) in [5.74, 6) is -4.79. The third-order valence-corrected chi connectivity index (χ3v) is 1.72. The van der Waals surface area contributed by atoms with Crippen LogP contribution in [0.3, 0.4) is 0 Å². The van der Waals surface area contributed by atoms with Crippen molar-refractivity contribution >= 4 is 5.97 Å². The number of carboxylic acid groups (broad SMARTS) is 1. The molecule has 4 heteroatoms. The lowest BCUT2D eigenvalue weighted by molar-refractivity contribution is -0.221. The Morgan fingerprint density at radius 3 is 2.27 bits per heavy atom. The normalized spacial score (nSPS) is 14.5. The van der Waals surface area contributed by atoms with Crippen molar-refractivity contribution in [3.63, 3.8) is 0 Å². The van der Waals surface area contributed by atoms with Gasteiger partial charge >= 0.3 is 5.97 Å². The minimum atomic E-state index is -2.57. The van der Waals surface area contributed by atoms with Crippen LogP contribution in [0.25, 0.3) is 0 Å². The Morgan fingerprint density at radius 1 is 1.55 bits per heavy atom. The molecule has 0 aliphatic heterocycles. The van der Waals surface area contributed by atoms with Crippen molar-refractivity contribution in [3.05, 3.63) is 0 Å². The molecule has 1 atom stereocenters. The topological polar surface area (TPSA) is 77.8 Å². The molecule has 0 aromatic rings. The van der Waals surface area contributed by atoms with Crippen LogP contribution in [0.15, 0.2) is 0 Å². The minimum Gasteiger partial charge on any atom is -0.477 e. The summed E-state index contributed by atoms with van der Waals surface area (Å²) in [7, 11) is 0. The lowest BCUT2D eigenvalue weighted by Gasteiger charge is -2.23. The van der Waals surface area contributed by atoms with Crippen LogP contribution in [0, 0.1) is 5.92 Å². The predicted molar refractivity (Wildman–Crippen MR) is 38.9 cm³/mol. The fourth-order valence-electron chi connectivity index (χ4n) is 0.845. The zero-order chi connectivity index (χ0) is 9.07. The Hall–Kier alpha value is -0.610. The molecule has 0 spiro atoms. The number of aliphatic carboxylic acids is 1. The van der Waals surface area contributed by atoms with Gasteiger partial charge in [0, 0.05) is 5.92 Å². The van der Waals surface area contributed by atoms with Crippen molar-refractivity contribution in [2.24, 2.45) is 5.92 Å². The SMILES string of the molecule is CCCC(C)C(O)(O)C(=O)O. The molecule has 0 aliphatic carbocycles. The van der Waals surface area contributed by atoms with Gasteiger partial charge in [-0.15, -0.1) is 0 Å². The van der Waals surface area contributed by atoms with Gasteiger partial charge in [-0.1, -0.05) is 20.3 Å². The Kier molecular flexibility index (Phi) is 3.48. The predicted octanol–water partition coefficient (Wildman–Crippen LogP) is 0.188. The lowest BCUT2D eigenvalue weighted by Crippen LogP contribution is -2.44. The van der Waals surface area contributed by atoms with Gasteiger partial charge in [0.25, 0.3) is 5.79 Å². The Labute approximate surface area is 65.5 Å². The molecule has 0 aromatic carbocycles. The van der Waals surface area contributed by atoms with Crippen LogP contribution in [-0.4, -0.2) is 27.1 Å². The maximum absolute atomic E-state index is 10.2. The minimum absolute atomic E-state index is 0.485. The van der Waals surface area contributed by atoms with Gasteiger partial charge in [-0.3, -0.25) is 0 Å². The summed E-state index contributed by atoms with van der Waals surface area (Å²) in [6.45, 7) is 3.35. The Balaban J connectivity index is 4.17. The first-order chi connectivity index (χ1) is 4.92. The van der Waals surface area contributed by atoms with Gasteiger partial charge in [0.2, 0.25) is 0 Å². The molecule has 66 valence electrons. The van der Waals surface area contributed by atoms with E-state index in [2.05, 4.69) is 0 Å². The van der Waals surface area contributed by atoms with Crippen LogP contribution in [0.4, 0.5) is 0 Å². The standard InChI is InChI=1S/C7H14O4/c1-3-4-5(2)7(10,11)6(8)9/h5,10-11H,3-4H2,1-2H3,(H,8,9). The second-order valence-corrected chi connectivity index (χ2v) is 2.72. The van der Waals surface area contributed by atoms with Gasteiger partial charge in [-0.05, 0) is 6.42 Å². The molecule has 0 radical (unpaired) electrons. The monoisotopic (exact) mass is 162 g/mol. The molecule has 0 saturated heterocycles. The summed E-state index contributed by atoms with van der Waals surface area (Å²) >= 11 is 0. The maximum atomic E-state index is 10.2. The zero-order valence-electron chi connectivity index (χ0n) is 6.74. The van der Waals surface area contributed by atoms with Crippen molar-refractivity contribution < 1.29 is 20.1 Å². The van der Waals surface area contributed by atoms with E-state index >= 15 is 0 Å². The van der Waals surface area contributed by atoms with E-state index < -0.39 is 17.7 Å². The number of carboxylic acids is 1. The molecule has 0 aliphatic rings. The van der Waals surface area contributed by atoms with Gasteiger partial charge in [-0.25, -0.2) is 4.79 Å². The summed E-state index contributed by atoms with van der Waals surface area (Å²) < 4.78 is 0. The third kappa shape index (κ3) is 2.48. The third-order valence-electron chi connectivity index (χ3n) is 1.72. The molecule has 3 N–H and O–H groups in total. The fraction of sp³-hybridized carbons (Fsp3) is 0.857. The van der Waals surface area contributed by atoms with Crippen LogP contribution in [0.2, 0.25) is 0 Å². The second-order valence-electron chi connectivity index (χ2n) is 2.72. The molecule has 0 amide bonds. The molecular formula is C7H14O4. The average Bonchev–Trinajstić information content (AvgIpc) is 1.88. The van der Waals surface area contributed by atoms with Crippen LogP contribution >= 0.6 is 0 Å². The lowest BCUT2D eigenvalue weighted by atomic mass is 9.96. The quantitative estimate of drug-likeness (QED) is 0.515. The van der Waals surface area contributed by atoms with Gasteiger partial charge in [0.05, 0.1) is 0 Å². The molecular weight excluding hydrogens is 148 g/mol. The van der Waals surface area contributed by atoms with E-state index in [0.717, 1.165) is 6.42 Å². The van der Waals surface area contributed by atoms with E-state index in [9.17, 15) is 4.79 Å². The van der Waals surface area contributed by atoms with Crippen molar-refractivity contribution in [2.75, 3.05) is 0 Å². The number of hydrogen-bond acceptors (Lipinski definition) is 3. The first-order valence-electron chi connectivity index (χ1n) is 3.61. The van der Waals surface area contributed by atoms with Gasteiger partial charge in [0.1, 0.15) is 0 Å². The smallest absolute Gasteiger partial charge is 0.364 e. The average molecular weight is 162 g/mol. The largest absolute Gasteiger partial charge is 0.477 e. The van der Waals surface area contributed by atoms with Crippen LogP contribution in [-0.2, 0) is 4.79 Å². The number of hydrogen-bond donors (Lipinski definition) is 3. The van der Waals surface area contributed by atoms with Crippen LogP contribution in [0.1, 0.15) is 26.7 Å². The molecule has 0 heterocycles. The molecule has 0 fully saturated rings. The van der Waals surface area contributed by atoms with Crippen LogP contribution in [0.5, 0.6) is 0 Å². The fourth-order valence-corrected chi connectivity index (χ4v) is 0.845. The Bertz CT molecular complexity index is 141. The summed E-state index contributed by atoms with van der Waals surface area (Å²) in [4.78, 5) is 10.2. The number of carbonyl (C=O) groups is 1. The molecule has 1 unspecified atom stereocenters. The molecule has 0 aromatic heterocycles. The van der Waals surface area contributed by atoms with Crippen molar-refractivity contribution in [1.82, 2.24) is 0 Å². The van der Waals surface area contributed by atoms with E-state index in [-0.39, 0.29) is 0 Å². The molecule has 11 heavy (non-hydrogen) atoms. The number of aliphatic hydroxyl groups is 2. The van der Waals surface area contributed by atoms with E-state index in [0.29, 0.717) is 6.42 Å². The first-order valence-corrected chi connectivity index (χ1v) is 3.61. The van der Waals surface area contributed by atoms with Crippen molar-refractivity contribution in [3.8, 4) is 0 Å². The summed E-state index contributed by atoms with van der Waals surface area (Å²) in [5, 5.41) is 26.2. The molecule has 0 bridgehead atoms. The Morgan fingerprint density at radius 2 is 2.00 bits per heavy atom. The highest BCUT2D eigenvalue weighted by Gasteiger charge is 2.38. The highest BCUT2D eigenvalue weighted by molar-refractivity contribution is 5.75. The number of rotatable bonds is 4. The van der Waals surface area contributed by atoms with Gasteiger partial charge < -0.3 is 15.3 Å². The van der Waals surface area contributed by atoms with Gasteiger partial charge in [0.15, 0.2) is 0 Å². The van der Waals surface area contributed by atoms with E-state index in [1.54, 1.807) is 0 Å². The molecule has 4 nitrogen and oxygen atoms in total. The molecule has 0 rings (SSSR count). The second kappa shape index (κ2) is 3.69. The highest BCUT2D eigenvalue weighted by Crippen LogP contribution is 2.19. The van der Waals surface area contributed by atoms with Gasteiger partial charge in [-0.2, -0.15) is 0 Å². The maximum Gasteiger partial charge on any atom is 0.364 e. The van der Waals surface area contributed by atoms with Crippen LogP contribution < -0.4 is 0 Å². The van der Waals surface area contributed by atoms with Crippen molar-refractivity contribution in [1.29, 1.82) is 0 Å². The van der Waals surface area contributed by atoms with E-state index in [1.807, 2.05) is 6.92 Å². The van der Waals surface area contributed by atoms with E-state index in [1.165, 1.54) is 6.92 Å². The van der Waals surface area contributed by atoms with Crippen molar-refractivity contribution in [2.45, 2.75) is 32.5 Å². The summed E-state index contributed by atoms with van der Waals surface area (Å²) in [6, 6.07) is 0. The zero-order valence-corrected chi connectivity index (χ0v) is 6.74. The molecule has 0 saturated carbocycles. The summed E-state index contributed by atoms with van der Waals surface area (Å²) in [6.07, 6.45) is 1.22. The summed E-state index contributed by atoms with van der Waals surface area (Å²) in [5.41, 5.74) is 0. The first kappa shape index (κ1) is 10.4. The van der Waals surface area contributed by atoms with E-state index in [4.69, 9.17) is 15.3 Å².